The van der Waals surface area contributed by atoms with Crippen molar-refractivity contribution < 1.29 is 9.53 Å². The fourth-order valence-electron chi connectivity index (χ4n) is 1.82. The molecule has 0 aliphatic heterocycles. The third kappa shape index (κ3) is 3.86. The Kier molecular flexibility index (Phi) is 5.04. The Hall–Kier alpha value is -1.78. The zero-order chi connectivity index (χ0) is 15.4. The van der Waals surface area contributed by atoms with E-state index in [9.17, 15) is 4.79 Å². The summed E-state index contributed by atoms with van der Waals surface area (Å²) in [6, 6.07) is 10.3. The Labute approximate surface area is 133 Å². The topological polar surface area (TPSA) is 51.2 Å². The van der Waals surface area contributed by atoms with Gasteiger partial charge in [0, 0.05) is 0 Å². The number of carbonyl (C=O) groups excluding carboxylic acids is 1. The normalized spacial score (nSPS) is 11.8. The number of nitrogens with zero attached hydrogens (tertiary/aromatic N) is 1. The van der Waals surface area contributed by atoms with Crippen LogP contribution in [0.25, 0.3) is 0 Å². The number of hydrogen-bond acceptors (Lipinski definition) is 3. The minimum atomic E-state index is -0.370. The number of aromatic nitrogens is 1. The van der Waals surface area contributed by atoms with Crippen LogP contribution >= 0.6 is 23.2 Å². The summed E-state index contributed by atoms with van der Waals surface area (Å²) in [4.78, 5) is 16.1. The number of methoxy groups -OCH3 is 1. The highest BCUT2D eigenvalue weighted by Gasteiger charge is 2.16. The standard InChI is InChI=1S/C15H14Cl2N2O2/c1-9(10-3-5-11(21-2)6-4-10)18-15(20)14-12(16)7-8-13(17)19-14/h3-9H,1-2H3,(H,18,20)/t9-/m1/s1. The van der Waals surface area contributed by atoms with E-state index in [2.05, 4.69) is 10.3 Å². The van der Waals surface area contributed by atoms with Crippen LogP contribution in [0, 0.1) is 0 Å². The molecule has 0 bridgehead atoms. The summed E-state index contributed by atoms with van der Waals surface area (Å²) < 4.78 is 5.10. The lowest BCUT2D eigenvalue weighted by atomic mass is 10.1. The molecule has 1 aromatic heterocycles. The Bertz CT molecular complexity index is 645. The van der Waals surface area contributed by atoms with E-state index >= 15 is 0 Å². The minimum absolute atomic E-state index is 0.115. The maximum absolute atomic E-state index is 12.2. The van der Waals surface area contributed by atoms with Crippen molar-refractivity contribution in [2.45, 2.75) is 13.0 Å². The molecule has 1 atom stereocenters. The Balaban J connectivity index is 2.12. The molecule has 0 fully saturated rings. The summed E-state index contributed by atoms with van der Waals surface area (Å²) in [5, 5.41) is 3.32. The third-order valence-corrected chi connectivity index (χ3v) is 3.51. The van der Waals surface area contributed by atoms with E-state index in [0.717, 1.165) is 11.3 Å². The highest BCUT2D eigenvalue weighted by Crippen LogP contribution is 2.20. The summed E-state index contributed by atoms with van der Waals surface area (Å²) in [5.74, 6) is 0.391. The Morgan fingerprint density at radius 3 is 2.48 bits per heavy atom. The molecule has 0 aliphatic rings. The van der Waals surface area contributed by atoms with E-state index in [4.69, 9.17) is 27.9 Å². The maximum Gasteiger partial charge on any atom is 0.271 e. The number of amides is 1. The minimum Gasteiger partial charge on any atom is -0.497 e. The molecule has 0 spiro atoms. The van der Waals surface area contributed by atoms with E-state index in [1.54, 1.807) is 13.2 Å². The van der Waals surface area contributed by atoms with Crippen molar-refractivity contribution >= 4 is 29.1 Å². The molecule has 6 heteroatoms. The van der Waals surface area contributed by atoms with E-state index in [0.29, 0.717) is 0 Å². The number of halogens is 2. The van der Waals surface area contributed by atoms with Crippen LogP contribution in [0.2, 0.25) is 10.2 Å². The second-order valence-corrected chi connectivity index (χ2v) is 5.23. The van der Waals surface area contributed by atoms with Gasteiger partial charge in [0.05, 0.1) is 18.2 Å². The number of ether oxygens (including phenoxy) is 1. The van der Waals surface area contributed by atoms with Crippen molar-refractivity contribution in [3.63, 3.8) is 0 Å². The van der Waals surface area contributed by atoms with E-state index < -0.39 is 0 Å². The van der Waals surface area contributed by atoms with Gasteiger partial charge in [-0.15, -0.1) is 0 Å². The lowest BCUT2D eigenvalue weighted by Gasteiger charge is -2.15. The number of nitrogens with one attached hydrogen (secondary N) is 1. The molecule has 0 radical (unpaired) electrons. The first-order valence-electron chi connectivity index (χ1n) is 6.28. The van der Waals surface area contributed by atoms with Crippen molar-refractivity contribution in [2.75, 3.05) is 7.11 Å². The summed E-state index contributed by atoms with van der Waals surface area (Å²) >= 11 is 11.7. The summed E-state index contributed by atoms with van der Waals surface area (Å²) in [6.45, 7) is 1.87. The van der Waals surface area contributed by atoms with Gasteiger partial charge in [-0.25, -0.2) is 4.98 Å². The molecule has 1 amide bonds. The molecule has 4 nitrogen and oxygen atoms in total. The zero-order valence-electron chi connectivity index (χ0n) is 11.6. The SMILES string of the molecule is COc1ccc([C@@H](C)NC(=O)c2nc(Cl)ccc2Cl)cc1. The first kappa shape index (κ1) is 15.6. The largest absolute Gasteiger partial charge is 0.497 e. The second-order valence-electron chi connectivity index (χ2n) is 4.43. The van der Waals surface area contributed by atoms with Gasteiger partial charge in [-0.1, -0.05) is 35.3 Å². The van der Waals surface area contributed by atoms with Crippen molar-refractivity contribution in [3.8, 4) is 5.75 Å². The van der Waals surface area contributed by atoms with Crippen LogP contribution in [-0.4, -0.2) is 18.0 Å². The average molecular weight is 325 g/mol. The number of rotatable bonds is 4. The van der Waals surface area contributed by atoms with E-state index in [1.807, 2.05) is 31.2 Å². The molecule has 2 rings (SSSR count). The fourth-order valence-corrected chi connectivity index (χ4v) is 2.16. The Morgan fingerprint density at radius 2 is 1.86 bits per heavy atom. The molecule has 0 unspecified atom stereocenters. The van der Waals surface area contributed by atoms with Crippen molar-refractivity contribution in [1.29, 1.82) is 0 Å². The fraction of sp³-hybridized carbons (Fsp3) is 0.200. The van der Waals surface area contributed by atoms with Crippen molar-refractivity contribution in [3.05, 3.63) is 57.8 Å². The molecule has 0 aliphatic carbocycles. The average Bonchev–Trinajstić information content (AvgIpc) is 2.49. The molecule has 110 valence electrons. The van der Waals surface area contributed by atoms with Crippen LogP contribution in [0.5, 0.6) is 5.75 Å². The molecule has 1 aromatic carbocycles. The maximum atomic E-state index is 12.2. The zero-order valence-corrected chi connectivity index (χ0v) is 13.1. The molecule has 1 N–H and O–H groups in total. The van der Waals surface area contributed by atoms with Gasteiger partial charge in [-0.3, -0.25) is 4.79 Å². The number of carbonyl (C=O) groups is 1. The smallest absolute Gasteiger partial charge is 0.271 e. The van der Waals surface area contributed by atoms with Gasteiger partial charge in [0.25, 0.3) is 5.91 Å². The van der Waals surface area contributed by atoms with Crippen LogP contribution in [0.15, 0.2) is 36.4 Å². The highest BCUT2D eigenvalue weighted by molar-refractivity contribution is 6.34. The van der Waals surface area contributed by atoms with E-state index in [1.165, 1.54) is 6.07 Å². The second kappa shape index (κ2) is 6.78. The predicted octanol–water partition coefficient (Wildman–Crippen LogP) is 3.89. The van der Waals surface area contributed by atoms with Crippen molar-refractivity contribution in [1.82, 2.24) is 10.3 Å². The van der Waals surface area contributed by atoms with Crippen LogP contribution in [0.1, 0.15) is 29.0 Å². The summed E-state index contributed by atoms with van der Waals surface area (Å²) in [7, 11) is 1.60. The first-order chi connectivity index (χ1) is 10.0. The molecule has 2 aromatic rings. The van der Waals surface area contributed by atoms with Crippen LogP contribution < -0.4 is 10.1 Å². The molecule has 1 heterocycles. The van der Waals surface area contributed by atoms with Crippen LogP contribution in [-0.2, 0) is 0 Å². The lowest BCUT2D eigenvalue weighted by molar-refractivity contribution is 0.0935. The molecule has 21 heavy (non-hydrogen) atoms. The lowest BCUT2D eigenvalue weighted by Crippen LogP contribution is -2.27. The van der Waals surface area contributed by atoms with Crippen LogP contribution in [0.4, 0.5) is 0 Å². The van der Waals surface area contributed by atoms with Gasteiger partial charge in [-0.2, -0.15) is 0 Å². The molecule has 0 saturated carbocycles. The third-order valence-electron chi connectivity index (χ3n) is 2.99. The van der Waals surface area contributed by atoms with Gasteiger partial charge in [-0.05, 0) is 36.8 Å². The van der Waals surface area contributed by atoms with Gasteiger partial charge in [0.2, 0.25) is 0 Å². The highest BCUT2D eigenvalue weighted by atomic mass is 35.5. The van der Waals surface area contributed by atoms with Gasteiger partial charge in [0.1, 0.15) is 16.6 Å². The molecular formula is C15H14Cl2N2O2. The molecule has 0 saturated heterocycles. The monoisotopic (exact) mass is 324 g/mol. The van der Waals surface area contributed by atoms with Gasteiger partial charge in [0.15, 0.2) is 0 Å². The number of benzene rings is 1. The molecular weight excluding hydrogens is 311 g/mol. The number of pyridine rings is 1. The predicted molar refractivity (Wildman–Crippen MR) is 83.1 cm³/mol. The van der Waals surface area contributed by atoms with Gasteiger partial charge < -0.3 is 10.1 Å². The summed E-state index contributed by atoms with van der Waals surface area (Å²) in [5.41, 5.74) is 1.06. The van der Waals surface area contributed by atoms with Crippen molar-refractivity contribution in [2.24, 2.45) is 0 Å². The summed E-state index contributed by atoms with van der Waals surface area (Å²) in [6.07, 6.45) is 0. The first-order valence-corrected chi connectivity index (χ1v) is 7.03. The van der Waals surface area contributed by atoms with Crippen LogP contribution in [0.3, 0.4) is 0 Å². The van der Waals surface area contributed by atoms with E-state index in [-0.39, 0.29) is 27.8 Å². The quantitative estimate of drug-likeness (QED) is 0.868. The van der Waals surface area contributed by atoms with Gasteiger partial charge >= 0.3 is 0 Å². The number of hydrogen-bond donors (Lipinski definition) is 1. The Morgan fingerprint density at radius 1 is 1.19 bits per heavy atom.